The van der Waals surface area contributed by atoms with Gasteiger partial charge in [0.25, 0.3) is 0 Å². The van der Waals surface area contributed by atoms with Crippen molar-refractivity contribution in [1.29, 1.82) is 0 Å². The second-order valence-electron chi connectivity index (χ2n) is 8.52. The van der Waals surface area contributed by atoms with Gasteiger partial charge in [-0.15, -0.1) is 0 Å². The van der Waals surface area contributed by atoms with Crippen LogP contribution in [0.5, 0.6) is 0 Å². The van der Waals surface area contributed by atoms with Crippen LogP contribution in [0.4, 0.5) is 0 Å². The molecule has 1 aromatic rings. The number of hydrogen-bond donors (Lipinski definition) is 2. The number of hydrazone groups is 1. The predicted octanol–water partition coefficient (Wildman–Crippen LogP) is 2.99. The van der Waals surface area contributed by atoms with E-state index in [4.69, 9.17) is 4.42 Å². The van der Waals surface area contributed by atoms with E-state index in [1.165, 1.54) is 19.3 Å². The molecule has 2 N–H and O–H groups in total. The Labute approximate surface area is 153 Å². The van der Waals surface area contributed by atoms with Crippen LogP contribution in [0, 0.1) is 23.2 Å². The maximum Gasteiger partial charge on any atom is 0.246 e. The quantitative estimate of drug-likeness (QED) is 0.606. The van der Waals surface area contributed by atoms with E-state index in [1.807, 2.05) is 6.07 Å². The van der Waals surface area contributed by atoms with E-state index in [2.05, 4.69) is 15.8 Å². The maximum absolute atomic E-state index is 12.8. The fraction of sp³-hybridized carbons (Fsp3) is 0.650. The highest BCUT2D eigenvalue weighted by Crippen LogP contribution is 2.60. The lowest BCUT2D eigenvalue weighted by molar-refractivity contribution is -0.146. The molecule has 4 fully saturated rings. The smallest absolute Gasteiger partial charge is 0.246 e. The highest BCUT2D eigenvalue weighted by Gasteiger charge is 2.54. The number of carbonyl (C=O) groups excluding carboxylic acids is 2. The first-order valence-electron chi connectivity index (χ1n) is 9.65. The molecule has 2 amide bonds. The van der Waals surface area contributed by atoms with E-state index in [1.54, 1.807) is 19.3 Å². The van der Waals surface area contributed by atoms with Crippen LogP contribution in [0.2, 0.25) is 0 Å². The monoisotopic (exact) mass is 357 g/mol. The average Bonchev–Trinajstić information content (AvgIpc) is 3.10. The van der Waals surface area contributed by atoms with Crippen molar-refractivity contribution in [3.63, 3.8) is 0 Å². The summed E-state index contributed by atoms with van der Waals surface area (Å²) in [5, 5.41) is 6.99. The predicted molar refractivity (Wildman–Crippen MR) is 97.0 cm³/mol. The summed E-state index contributed by atoms with van der Waals surface area (Å²) in [7, 11) is 0. The van der Waals surface area contributed by atoms with Crippen molar-refractivity contribution >= 4 is 17.5 Å². The van der Waals surface area contributed by atoms with Crippen molar-refractivity contribution in [3.8, 4) is 0 Å². The molecule has 4 bridgehead atoms. The maximum atomic E-state index is 12.8. The number of furan rings is 1. The highest BCUT2D eigenvalue weighted by atomic mass is 16.3. The Hall–Kier alpha value is -2.11. The molecule has 5 rings (SSSR count). The Bertz CT molecular complexity index is 673. The van der Waals surface area contributed by atoms with E-state index >= 15 is 0 Å². The number of nitrogens with zero attached hydrogens (tertiary/aromatic N) is 1. The van der Waals surface area contributed by atoms with Gasteiger partial charge in [0.05, 0.1) is 24.6 Å². The van der Waals surface area contributed by atoms with Crippen LogP contribution < -0.4 is 10.7 Å². The molecule has 1 aromatic heterocycles. The molecule has 0 atom stereocenters. The van der Waals surface area contributed by atoms with Gasteiger partial charge in [0, 0.05) is 5.71 Å². The molecule has 0 saturated heterocycles. The Kier molecular flexibility index (Phi) is 4.59. The SMILES string of the molecule is C/C(CC(=O)NCc1ccco1)=N/NC(=O)C12CC3CC(CC(C3)C1)C2. The molecule has 140 valence electrons. The molecule has 0 aliphatic heterocycles. The van der Waals surface area contributed by atoms with E-state index in [-0.39, 0.29) is 23.7 Å². The molecular formula is C20H27N3O3. The molecule has 0 aromatic carbocycles. The number of nitrogens with one attached hydrogen (secondary N) is 2. The van der Waals surface area contributed by atoms with Crippen molar-refractivity contribution in [2.75, 3.05) is 0 Å². The first-order chi connectivity index (χ1) is 12.5. The number of hydrogen-bond acceptors (Lipinski definition) is 4. The molecule has 0 spiro atoms. The number of rotatable bonds is 6. The molecule has 4 saturated carbocycles. The molecular weight excluding hydrogens is 330 g/mol. The Balaban J connectivity index is 1.28. The van der Waals surface area contributed by atoms with Crippen LogP contribution in [0.3, 0.4) is 0 Å². The van der Waals surface area contributed by atoms with Gasteiger partial charge in [-0.05, 0) is 75.3 Å². The Morgan fingerprint density at radius 2 is 1.85 bits per heavy atom. The Morgan fingerprint density at radius 1 is 1.19 bits per heavy atom. The van der Waals surface area contributed by atoms with Gasteiger partial charge < -0.3 is 9.73 Å². The zero-order valence-corrected chi connectivity index (χ0v) is 15.3. The second-order valence-corrected chi connectivity index (χ2v) is 8.52. The summed E-state index contributed by atoms with van der Waals surface area (Å²) < 4.78 is 5.18. The van der Waals surface area contributed by atoms with Gasteiger partial charge in [0.15, 0.2) is 0 Å². The topological polar surface area (TPSA) is 83.7 Å². The lowest BCUT2D eigenvalue weighted by atomic mass is 9.49. The van der Waals surface area contributed by atoms with E-state index in [9.17, 15) is 9.59 Å². The first kappa shape index (κ1) is 17.3. The van der Waals surface area contributed by atoms with Gasteiger partial charge in [-0.25, -0.2) is 5.43 Å². The zero-order chi connectivity index (χ0) is 18.1. The summed E-state index contributed by atoms with van der Waals surface area (Å²) in [6, 6.07) is 3.60. The third-order valence-corrected chi connectivity index (χ3v) is 6.32. The zero-order valence-electron chi connectivity index (χ0n) is 15.3. The van der Waals surface area contributed by atoms with Crippen molar-refractivity contribution in [2.45, 2.75) is 58.4 Å². The highest BCUT2D eigenvalue weighted by molar-refractivity contribution is 6.00. The molecule has 4 aliphatic carbocycles. The summed E-state index contributed by atoms with van der Waals surface area (Å²) in [5.41, 5.74) is 3.17. The third kappa shape index (κ3) is 3.55. The van der Waals surface area contributed by atoms with Gasteiger partial charge in [0.1, 0.15) is 5.76 Å². The van der Waals surface area contributed by atoms with Crippen LogP contribution >= 0.6 is 0 Å². The van der Waals surface area contributed by atoms with Crippen LogP contribution in [0.15, 0.2) is 27.9 Å². The minimum absolute atomic E-state index is 0.0620. The van der Waals surface area contributed by atoms with Crippen LogP contribution in [-0.2, 0) is 16.1 Å². The van der Waals surface area contributed by atoms with Gasteiger partial charge in [-0.1, -0.05) is 0 Å². The molecule has 4 aliphatic rings. The standard InChI is InChI=1S/C20H27N3O3/c1-13(5-18(24)21-12-17-3-2-4-26-17)22-23-19(25)20-9-14-6-15(10-20)8-16(7-14)11-20/h2-4,14-16H,5-12H2,1H3,(H,21,24)(H,23,25)/b22-13-. The van der Waals surface area contributed by atoms with E-state index < -0.39 is 0 Å². The fourth-order valence-corrected chi connectivity index (χ4v) is 5.59. The molecule has 1 heterocycles. The summed E-state index contributed by atoms with van der Waals surface area (Å²) in [5.74, 6) is 2.82. The van der Waals surface area contributed by atoms with Crippen molar-refractivity contribution in [3.05, 3.63) is 24.2 Å². The molecule has 6 nitrogen and oxygen atoms in total. The lowest BCUT2D eigenvalue weighted by Crippen LogP contribution is -2.52. The van der Waals surface area contributed by atoms with Gasteiger partial charge in [0.2, 0.25) is 11.8 Å². The average molecular weight is 357 g/mol. The van der Waals surface area contributed by atoms with Gasteiger partial charge >= 0.3 is 0 Å². The summed E-state index contributed by atoms with van der Waals surface area (Å²) in [6.07, 6.45) is 8.73. The molecule has 0 unspecified atom stereocenters. The van der Waals surface area contributed by atoms with E-state index in [0.29, 0.717) is 18.0 Å². The van der Waals surface area contributed by atoms with Crippen molar-refractivity contribution < 1.29 is 14.0 Å². The normalized spacial score (nSPS) is 32.5. The summed E-state index contributed by atoms with van der Waals surface area (Å²) in [4.78, 5) is 24.8. The molecule has 0 radical (unpaired) electrons. The largest absolute Gasteiger partial charge is 0.467 e. The van der Waals surface area contributed by atoms with Gasteiger partial charge in [-0.3, -0.25) is 9.59 Å². The summed E-state index contributed by atoms with van der Waals surface area (Å²) in [6.45, 7) is 2.13. The fourth-order valence-electron chi connectivity index (χ4n) is 5.59. The minimum atomic E-state index is -0.208. The number of carbonyl (C=O) groups is 2. The third-order valence-electron chi connectivity index (χ3n) is 6.32. The van der Waals surface area contributed by atoms with Crippen LogP contribution in [-0.4, -0.2) is 17.5 Å². The molecule has 26 heavy (non-hydrogen) atoms. The Morgan fingerprint density at radius 3 is 2.42 bits per heavy atom. The molecule has 6 heteroatoms. The van der Waals surface area contributed by atoms with Crippen molar-refractivity contribution in [2.24, 2.45) is 28.3 Å². The van der Waals surface area contributed by atoms with Crippen LogP contribution in [0.1, 0.15) is 57.6 Å². The first-order valence-corrected chi connectivity index (χ1v) is 9.65. The van der Waals surface area contributed by atoms with E-state index in [0.717, 1.165) is 37.0 Å². The van der Waals surface area contributed by atoms with Gasteiger partial charge in [-0.2, -0.15) is 5.10 Å². The minimum Gasteiger partial charge on any atom is -0.467 e. The number of amides is 2. The lowest BCUT2D eigenvalue weighted by Gasteiger charge is -2.55. The van der Waals surface area contributed by atoms with Crippen LogP contribution in [0.25, 0.3) is 0 Å². The van der Waals surface area contributed by atoms with Crippen molar-refractivity contribution in [1.82, 2.24) is 10.7 Å². The second kappa shape index (κ2) is 6.89. The summed E-state index contributed by atoms with van der Waals surface area (Å²) >= 11 is 0.